The molecule has 0 unspecified atom stereocenters. The molecule has 1 heterocycles. The van der Waals surface area contributed by atoms with Crippen LogP contribution in [0.1, 0.15) is 11.1 Å². The predicted molar refractivity (Wildman–Crippen MR) is 94.3 cm³/mol. The third-order valence-corrected chi connectivity index (χ3v) is 3.97. The van der Waals surface area contributed by atoms with Crippen LogP contribution in [0.4, 0.5) is 4.39 Å². The van der Waals surface area contributed by atoms with Gasteiger partial charge < -0.3 is 14.2 Å². The van der Waals surface area contributed by atoms with E-state index in [-0.39, 0.29) is 17.2 Å². The van der Waals surface area contributed by atoms with Crippen LogP contribution < -0.4 is 9.47 Å². The lowest BCUT2D eigenvalue weighted by Crippen LogP contribution is -2.06. The minimum absolute atomic E-state index is 0.0120. The first-order valence-corrected chi connectivity index (χ1v) is 8.00. The van der Waals surface area contributed by atoms with Gasteiger partial charge in [-0.3, -0.25) is 0 Å². The Morgan fingerprint density at radius 3 is 2.40 bits per heavy atom. The van der Waals surface area contributed by atoms with Crippen LogP contribution in [0.3, 0.4) is 0 Å². The van der Waals surface area contributed by atoms with Crippen LogP contribution >= 0.6 is 15.9 Å². The van der Waals surface area contributed by atoms with Gasteiger partial charge in [0.05, 0.1) is 14.2 Å². The summed E-state index contributed by atoms with van der Waals surface area (Å²) in [5.41, 5.74) is 0.769. The molecule has 1 aliphatic heterocycles. The number of rotatable bonds is 4. The van der Waals surface area contributed by atoms with Crippen LogP contribution in [0, 0.1) is 5.82 Å². The molecule has 0 saturated heterocycles. The maximum absolute atomic E-state index is 13.9. The number of benzene rings is 2. The van der Waals surface area contributed by atoms with E-state index in [0.29, 0.717) is 21.5 Å². The van der Waals surface area contributed by atoms with Crippen molar-refractivity contribution in [3.63, 3.8) is 0 Å². The lowest BCUT2D eigenvalue weighted by Gasteiger charge is -2.07. The Labute approximate surface area is 151 Å². The van der Waals surface area contributed by atoms with Gasteiger partial charge in [-0.1, -0.05) is 22.0 Å². The molecular formula is C18H13BrFNO4. The van der Waals surface area contributed by atoms with E-state index in [0.717, 1.165) is 0 Å². The molecule has 1 aliphatic rings. The Kier molecular flexibility index (Phi) is 4.85. The molecule has 5 nitrogen and oxygen atoms in total. The predicted octanol–water partition coefficient (Wildman–Crippen LogP) is 3.95. The molecule has 2 aromatic rings. The molecule has 0 atom stereocenters. The number of carbonyl (C=O) groups excluding carboxylic acids is 1. The molecule has 25 heavy (non-hydrogen) atoms. The minimum Gasteiger partial charge on any atom is -0.497 e. The van der Waals surface area contributed by atoms with Gasteiger partial charge in [0.1, 0.15) is 17.3 Å². The minimum atomic E-state index is -0.654. The molecule has 0 saturated carbocycles. The molecule has 7 heteroatoms. The quantitative estimate of drug-likeness (QED) is 0.570. The zero-order valence-corrected chi connectivity index (χ0v) is 15.0. The van der Waals surface area contributed by atoms with Crippen LogP contribution in [0.2, 0.25) is 0 Å². The first kappa shape index (κ1) is 17.2. The Balaban J connectivity index is 1.99. The van der Waals surface area contributed by atoms with Crippen LogP contribution in [0.5, 0.6) is 11.5 Å². The van der Waals surface area contributed by atoms with Gasteiger partial charge >= 0.3 is 5.97 Å². The number of halogens is 2. The smallest absolute Gasteiger partial charge is 0.363 e. The van der Waals surface area contributed by atoms with Crippen molar-refractivity contribution in [2.45, 2.75) is 0 Å². The van der Waals surface area contributed by atoms with E-state index >= 15 is 0 Å². The summed E-state index contributed by atoms with van der Waals surface area (Å²) >= 11 is 3.18. The van der Waals surface area contributed by atoms with Crippen molar-refractivity contribution in [2.24, 2.45) is 4.99 Å². The highest BCUT2D eigenvalue weighted by Crippen LogP contribution is 2.27. The second-order valence-electron chi connectivity index (χ2n) is 5.10. The summed E-state index contributed by atoms with van der Waals surface area (Å²) in [7, 11) is 3.03. The zero-order chi connectivity index (χ0) is 18.0. The molecule has 2 aromatic carbocycles. The number of esters is 1. The van der Waals surface area contributed by atoms with Gasteiger partial charge in [0.2, 0.25) is 5.90 Å². The van der Waals surface area contributed by atoms with Gasteiger partial charge in [-0.2, -0.15) is 0 Å². The zero-order valence-electron chi connectivity index (χ0n) is 13.4. The van der Waals surface area contributed by atoms with Gasteiger partial charge in [0.15, 0.2) is 5.70 Å². The fourth-order valence-electron chi connectivity index (χ4n) is 2.23. The molecular weight excluding hydrogens is 393 g/mol. The standard InChI is InChI=1S/C18H13BrFNO4/c1-23-13-5-11(6-14(9-13)24-2)17-21-16(18(22)25-17)7-10-3-4-12(19)8-15(10)20/h3-9H,1-2H3/b16-7-. The molecule has 3 rings (SSSR count). The largest absolute Gasteiger partial charge is 0.497 e. The molecule has 0 amide bonds. The van der Waals surface area contributed by atoms with Crippen LogP contribution in [-0.2, 0) is 9.53 Å². The van der Waals surface area contributed by atoms with Crippen molar-refractivity contribution in [3.8, 4) is 11.5 Å². The highest BCUT2D eigenvalue weighted by Gasteiger charge is 2.25. The molecule has 0 bridgehead atoms. The SMILES string of the molecule is COc1cc(OC)cc(C2=N/C(=C\c3ccc(Br)cc3F)C(=O)O2)c1. The number of carbonyl (C=O) groups is 1. The van der Waals surface area contributed by atoms with Gasteiger partial charge in [0, 0.05) is 21.7 Å². The van der Waals surface area contributed by atoms with Crippen molar-refractivity contribution in [2.75, 3.05) is 14.2 Å². The van der Waals surface area contributed by atoms with E-state index in [1.54, 1.807) is 30.3 Å². The topological polar surface area (TPSA) is 57.1 Å². The summed E-state index contributed by atoms with van der Waals surface area (Å²) in [5, 5.41) is 0. The Morgan fingerprint density at radius 2 is 1.80 bits per heavy atom. The molecule has 0 fully saturated rings. The van der Waals surface area contributed by atoms with Crippen LogP contribution in [0.25, 0.3) is 6.08 Å². The highest BCUT2D eigenvalue weighted by atomic mass is 79.9. The van der Waals surface area contributed by atoms with Gasteiger partial charge in [-0.05, 0) is 30.3 Å². The second-order valence-corrected chi connectivity index (χ2v) is 6.02. The summed E-state index contributed by atoms with van der Waals surface area (Å²) < 4.78 is 30.1. The van der Waals surface area contributed by atoms with Crippen LogP contribution in [-0.4, -0.2) is 26.1 Å². The van der Waals surface area contributed by atoms with Gasteiger partial charge in [0.25, 0.3) is 0 Å². The van der Waals surface area contributed by atoms with E-state index in [1.807, 2.05) is 0 Å². The lowest BCUT2D eigenvalue weighted by atomic mass is 10.2. The Morgan fingerprint density at radius 1 is 1.12 bits per heavy atom. The Bertz CT molecular complexity index is 886. The number of ether oxygens (including phenoxy) is 3. The van der Waals surface area contributed by atoms with Crippen molar-refractivity contribution in [1.29, 1.82) is 0 Å². The van der Waals surface area contributed by atoms with E-state index in [1.165, 1.54) is 26.4 Å². The second kappa shape index (κ2) is 7.06. The van der Waals surface area contributed by atoms with Crippen molar-refractivity contribution < 1.29 is 23.4 Å². The third kappa shape index (κ3) is 3.71. The van der Waals surface area contributed by atoms with E-state index < -0.39 is 11.8 Å². The molecule has 0 radical (unpaired) electrons. The van der Waals surface area contributed by atoms with Crippen LogP contribution in [0.15, 0.2) is 51.6 Å². The normalized spacial score (nSPS) is 15.1. The average Bonchev–Trinajstić information content (AvgIpc) is 2.97. The number of hydrogen-bond donors (Lipinski definition) is 0. The van der Waals surface area contributed by atoms with Gasteiger partial charge in [-0.15, -0.1) is 0 Å². The molecule has 128 valence electrons. The lowest BCUT2D eigenvalue weighted by molar-refractivity contribution is -0.129. The monoisotopic (exact) mass is 405 g/mol. The number of nitrogens with zero attached hydrogens (tertiary/aromatic N) is 1. The highest BCUT2D eigenvalue weighted by molar-refractivity contribution is 9.10. The maximum atomic E-state index is 13.9. The maximum Gasteiger partial charge on any atom is 0.363 e. The van der Waals surface area contributed by atoms with E-state index in [2.05, 4.69) is 20.9 Å². The first-order chi connectivity index (χ1) is 12.0. The Hall–Kier alpha value is -2.67. The summed E-state index contributed by atoms with van der Waals surface area (Å²) in [4.78, 5) is 16.2. The molecule has 0 aliphatic carbocycles. The number of cyclic esters (lactones) is 1. The van der Waals surface area contributed by atoms with Gasteiger partial charge in [-0.25, -0.2) is 14.2 Å². The molecule has 0 aromatic heterocycles. The average molecular weight is 406 g/mol. The number of aliphatic imine (C=N–C) groups is 1. The fraction of sp³-hybridized carbons (Fsp3) is 0.111. The third-order valence-electron chi connectivity index (χ3n) is 3.47. The summed E-state index contributed by atoms with van der Waals surface area (Å²) in [5.74, 6) is 0.0421. The summed E-state index contributed by atoms with van der Waals surface area (Å²) in [6.45, 7) is 0. The summed E-state index contributed by atoms with van der Waals surface area (Å²) in [6.07, 6.45) is 1.34. The van der Waals surface area contributed by atoms with E-state index in [4.69, 9.17) is 14.2 Å². The number of hydrogen-bond acceptors (Lipinski definition) is 5. The molecule has 0 N–H and O–H groups in total. The molecule has 0 spiro atoms. The van der Waals surface area contributed by atoms with Crippen molar-refractivity contribution >= 4 is 33.9 Å². The number of methoxy groups -OCH3 is 2. The van der Waals surface area contributed by atoms with E-state index in [9.17, 15) is 9.18 Å². The summed E-state index contributed by atoms with van der Waals surface area (Å²) in [6, 6.07) is 9.55. The fourth-order valence-corrected chi connectivity index (χ4v) is 2.56. The van der Waals surface area contributed by atoms with Crippen molar-refractivity contribution in [1.82, 2.24) is 0 Å². The van der Waals surface area contributed by atoms with Crippen molar-refractivity contribution in [3.05, 3.63) is 63.5 Å². The first-order valence-electron chi connectivity index (χ1n) is 7.21.